The average molecular weight is 298 g/mol. The first-order chi connectivity index (χ1) is 10.6. The first kappa shape index (κ1) is 14.3. The molecule has 1 aliphatic rings. The molecule has 112 valence electrons. The standard InChI is InChI=1S/C17H15FN2O2/c18-12-5-3-4-11(10-12)16(21)19-9-8-14-13-6-1-2-7-15(13)20-17(14)22/h1-7,10,14H,8-9H2,(H,19,21)(H,20,22). The number of hydrogen-bond acceptors (Lipinski definition) is 2. The highest BCUT2D eigenvalue weighted by Gasteiger charge is 2.29. The molecule has 1 aliphatic heterocycles. The number of carbonyl (C=O) groups is 2. The third-order valence-corrected chi connectivity index (χ3v) is 3.72. The summed E-state index contributed by atoms with van der Waals surface area (Å²) in [5, 5.41) is 5.54. The van der Waals surface area contributed by atoms with E-state index in [0.29, 0.717) is 13.0 Å². The number of anilines is 1. The van der Waals surface area contributed by atoms with Crippen molar-refractivity contribution in [3.8, 4) is 0 Å². The summed E-state index contributed by atoms with van der Waals surface area (Å²) in [6.07, 6.45) is 0.504. The molecular formula is C17H15FN2O2. The van der Waals surface area contributed by atoms with E-state index in [-0.39, 0.29) is 23.3 Å². The molecule has 0 bridgehead atoms. The van der Waals surface area contributed by atoms with E-state index in [1.165, 1.54) is 18.2 Å². The molecule has 2 aromatic rings. The number of benzene rings is 2. The highest BCUT2D eigenvalue weighted by atomic mass is 19.1. The molecule has 0 fully saturated rings. The largest absolute Gasteiger partial charge is 0.352 e. The maximum Gasteiger partial charge on any atom is 0.251 e. The second-order valence-electron chi connectivity index (χ2n) is 5.18. The lowest BCUT2D eigenvalue weighted by Gasteiger charge is -2.10. The van der Waals surface area contributed by atoms with Gasteiger partial charge in [0.05, 0.1) is 5.92 Å². The predicted octanol–water partition coefficient (Wildman–Crippen LogP) is 2.68. The Morgan fingerprint density at radius 3 is 2.82 bits per heavy atom. The zero-order valence-electron chi connectivity index (χ0n) is 11.8. The molecule has 0 saturated carbocycles. The van der Waals surface area contributed by atoms with Gasteiger partial charge in [0, 0.05) is 17.8 Å². The van der Waals surface area contributed by atoms with Crippen molar-refractivity contribution in [3.63, 3.8) is 0 Å². The van der Waals surface area contributed by atoms with Gasteiger partial charge in [-0.1, -0.05) is 24.3 Å². The second kappa shape index (κ2) is 5.97. The van der Waals surface area contributed by atoms with Crippen LogP contribution in [0.4, 0.5) is 10.1 Å². The average Bonchev–Trinajstić information content (AvgIpc) is 2.83. The molecule has 0 radical (unpaired) electrons. The van der Waals surface area contributed by atoms with Gasteiger partial charge in [-0.15, -0.1) is 0 Å². The van der Waals surface area contributed by atoms with E-state index < -0.39 is 5.82 Å². The summed E-state index contributed by atoms with van der Waals surface area (Å²) in [7, 11) is 0. The van der Waals surface area contributed by atoms with Crippen LogP contribution in [0.1, 0.15) is 28.3 Å². The summed E-state index contributed by atoms with van der Waals surface area (Å²) in [4.78, 5) is 23.9. The minimum Gasteiger partial charge on any atom is -0.352 e. The van der Waals surface area contributed by atoms with Gasteiger partial charge in [0.2, 0.25) is 5.91 Å². The number of carbonyl (C=O) groups excluding carboxylic acids is 2. The van der Waals surface area contributed by atoms with E-state index in [1.807, 2.05) is 24.3 Å². The molecule has 4 nitrogen and oxygen atoms in total. The molecule has 0 aliphatic carbocycles. The molecular weight excluding hydrogens is 283 g/mol. The van der Waals surface area contributed by atoms with Crippen LogP contribution in [0.15, 0.2) is 48.5 Å². The maximum absolute atomic E-state index is 13.1. The molecule has 5 heteroatoms. The Bertz CT molecular complexity index is 730. The van der Waals surface area contributed by atoms with E-state index in [4.69, 9.17) is 0 Å². The van der Waals surface area contributed by atoms with Crippen molar-refractivity contribution >= 4 is 17.5 Å². The van der Waals surface area contributed by atoms with Crippen LogP contribution >= 0.6 is 0 Å². The van der Waals surface area contributed by atoms with Crippen molar-refractivity contribution < 1.29 is 14.0 Å². The van der Waals surface area contributed by atoms with Crippen LogP contribution in [0.3, 0.4) is 0 Å². The van der Waals surface area contributed by atoms with E-state index >= 15 is 0 Å². The summed E-state index contributed by atoms with van der Waals surface area (Å²) in [5.41, 5.74) is 2.05. The van der Waals surface area contributed by atoms with Crippen LogP contribution in [0.2, 0.25) is 0 Å². The van der Waals surface area contributed by atoms with Crippen molar-refractivity contribution in [1.82, 2.24) is 5.32 Å². The maximum atomic E-state index is 13.1. The van der Waals surface area contributed by atoms with Gasteiger partial charge in [0.1, 0.15) is 5.82 Å². The van der Waals surface area contributed by atoms with Crippen molar-refractivity contribution in [2.75, 3.05) is 11.9 Å². The van der Waals surface area contributed by atoms with Crippen molar-refractivity contribution in [2.24, 2.45) is 0 Å². The predicted molar refractivity (Wildman–Crippen MR) is 81.2 cm³/mol. The fourth-order valence-corrected chi connectivity index (χ4v) is 2.62. The minimum absolute atomic E-state index is 0.0544. The van der Waals surface area contributed by atoms with Gasteiger partial charge in [-0.2, -0.15) is 0 Å². The number of rotatable bonds is 4. The molecule has 0 saturated heterocycles. The number of fused-ring (bicyclic) bond motifs is 1. The fraction of sp³-hybridized carbons (Fsp3) is 0.176. The number of nitrogens with one attached hydrogen (secondary N) is 2. The van der Waals surface area contributed by atoms with Gasteiger partial charge in [-0.25, -0.2) is 4.39 Å². The molecule has 1 unspecified atom stereocenters. The summed E-state index contributed by atoms with van der Waals surface area (Å²) >= 11 is 0. The Morgan fingerprint density at radius 2 is 2.00 bits per heavy atom. The molecule has 0 aromatic heterocycles. The van der Waals surface area contributed by atoms with Crippen molar-refractivity contribution in [3.05, 3.63) is 65.5 Å². The molecule has 2 N–H and O–H groups in total. The summed E-state index contributed by atoms with van der Waals surface area (Å²) < 4.78 is 13.1. The van der Waals surface area contributed by atoms with Crippen molar-refractivity contribution in [2.45, 2.75) is 12.3 Å². The fourth-order valence-electron chi connectivity index (χ4n) is 2.62. The molecule has 2 amide bonds. The van der Waals surface area contributed by atoms with Gasteiger partial charge in [-0.05, 0) is 36.2 Å². The van der Waals surface area contributed by atoms with Crippen LogP contribution < -0.4 is 10.6 Å². The summed E-state index contributed by atoms with van der Waals surface area (Å²) in [6.45, 7) is 0.349. The smallest absolute Gasteiger partial charge is 0.251 e. The molecule has 0 spiro atoms. The van der Waals surface area contributed by atoms with Crippen LogP contribution in [-0.2, 0) is 4.79 Å². The van der Waals surface area contributed by atoms with E-state index in [9.17, 15) is 14.0 Å². The first-order valence-electron chi connectivity index (χ1n) is 7.09. The SMILES string of the molecule is O=C(NCCC1C(=O)Nc2ccccc21)c1cccc(F)c1. The third-order valence-electron chi connectivity index (χ3n) is 3.72. The van der Waals surface area contributed by atoms with Crippen LogP contribution in [0, 0.1) is 5.82 Å². The number of halogens is 1. The highest BCUT2D eigenvalue weighted by Crippen LogP contribution is 2.33. The number of para-hydroxylation sites is 1. The topological polar surface area (TPSA) is 58.2 Å². The van der Waals surface area contributed by atoms with Gasteiger partial charge < -0.3 is 10.6 Å². The Hall–Kier alpha value is -2.69. The van der Waals surface area contributed by atoms with Gasteiger partial charge >= 0.3 is 0 Å². The minimum atomic E-state index is -0.447. The van der Waals surface area contributed by atoms with Gasteiger partial charge in [0.15, 0.2) is 0 Å². The van der Waals surface area contributed by atoms with Crippen LogP contribution in [0.5, 0.6) is 0 Å². The van der Waals surface area contributed by atoms with E-state index in [1.54, 1.807) is 6.07 Å². The van der Waals surface area contributed by atoms with Gasteiger partial charge in [-0.3, -0.25) is 9.59 Å². The van der Waals surface area contributed by atoms with Crippen LogP contribution in [-0.4, -0.2) is 18.4 Å². The molecule has 1 atom stereocenters. The Morgan fingerprint density at radius 1 is 1.18 bits per heavy atom. The summed E-state index contributed by atoms with van der Waals surface area (Å²) in [6, 6.07) is 13.0. The normalized spacial score (nSPS) is 16.0. The Labute approximate surface area is 127 Å². The molecule has 1 heterocycles. The van der Waals surface area contributed by atoms with E-state index in [0.717, 1.165) is 11.3 Å². The molecule has 22 heavy (non-hydrogen) atoms. The quantitative estimate of drug-likeness (QED) is 0.911. The third kappa shape index (κ3) is 2.83. The lowest BCUT2D eigenvalue weighted by Crippen LogP contribution is -2.27. The molecule has 2 aromatic carbocycles. The lowest BCUT2D eigenvalue weighted by atomic mass is 9.97. The summed E-state index contributed by atoms with van der Waals surface area (Å²) in [5.74, 6) is -1.10. The zero-order chi connectivity index (χ0) is 15.5. The lowest BCUT2D eigenvalue weighted by molar-refractivity contribution is -0.117. The molecule has 3 rings (SSSR count). The second-order valence-corrected chi connectivity index (χ2v) is 5.18. The number of amides is 2. The Balaban J connectivity index is 1.60. The van der Waals surface area contributed by atoms with Crippen molar-refractivity contribution in [1.29, 1.82) is 0 Å². The first-order valence-corrected chi connectivity index (χ1v) is 7.09. The monoisotopic (exact) mass is 298 g/mol. The highest BCUT2D eigenvalue weighted by molar-refractivity contribution is 6.02. The van der Waals surface area contributed by atoms with Crippen LogP contribution in [0.25, 0.3) is 0 Å². The van der Waals surface area contributed by atoms with E-state index in [2.05, 4.69) is 10.6 Å². The number of hydrogen-bond donors (Lipinski definition) is 2. The van der Waals surface area contributed by atoms with Gasteiger partial charge in [0.25, 0.3) is 5.91 Å². The Kier molecular flexibility index (Phi) is 3.87. The zero-order valence-corrected chi connectivity index (χ0v) is 11.8.